The van der Waals surface area contributed by atoms with Crippen LogP contribution in [-0.4, -0.2) is 44.8 Å². The highest BCUT2D eigenvalue weighted by Crippen LogP contribution is 2.33. The zero-order valence-electron chi connectivity index (χ0n) is 20.4. The third-order valence-electron chi connectivity index (χ3n) is 5.74. The molecule has 0 bridgehead atoms. The van der Waals surface area contributed by atoms with Crippen molar-refractivity contribution in [2.24, 2.45) is 0 Å². The monoisotopic (exact) mass is 565 g/mol. The highest BCUT2D eigenvalue weighted by Gasteiger charge is 2.33. The maximum absolute atomic E-state index is 13.8. The van der Waals surface area contributed by atoms with E-state index in [9.17, 15) is 22.4 Å². The molecule has 0 aliphatic carbocycles. The SMILES string of the molecule is CNC(=O)[C@@H](C)N(Cc1ccc(F)cc1)C(=O)CN(c1cc(Cl)ccc1Cl)S(=O)(=O)c1ccc(C)cc1. The number of rotatable bonds is 9. The summed E-state index contributed by atoms with van der Waals surface area (Å²) in [6, 6.07) is 14.9. The van der Waals surface area contributed by atoms with Crippen LogP contribution in [0.2, 0.25) is 10.0 Å². The van der Waals surface area contributed by atoms with Crippen molar-refractivity contribution in [2.75, 3.05) is 17.9 Å². The summed E-state index contributed by atoms with van der Waals surface area (Å²) in [7, 11) is -2.85. The molecule has 3 aromatic rings. The molecule has 0 aliphatic rings. The smallest absolute Gasteiger partial charge is 0.264 e. The van der Waals surface area contributed by atoms with Crippen molar-refractivity contribution in [2.45, 2.75) is 31.3 Å². The number of carbonyl (C=O) groups excluding carboxylic acids is 2. The van der Waals surface area contributed by atoms with E-state index in [-0.39, 0.29) is 27.2 Å². The summed E-state index contributed by atoms with van der Waals surface area (Å²) in [4.78, 5) is 27.3. The van der Waals surface area contributed by atoms with Crippen LogP contribution in [0.25, 0.3) is 0 Å². The molecule has 0 spiro atoms. The maximum Gasteiger partial charge on any atom is 0.264 e. The van der Waals surface area contributed by atoms with Gasteiger partial charge < -0.3 is 10.2 Å². The van der Waals surface area contributed by atoms with Gasteiger partial charge >= 0.3 is 0 Å². The zero-order chi connectivity index (χ0) is 27.3. The highest BCUT2D eigenvalue weighted by molar-refractivity contribution is 7.92. The molecule has 7 nitrogen and oxygen atoms in total. The molecule has 196 valence electrons. The van der Waals surface area contributed by atoms with Crippen molar-refractivity contribution in [3.8, 4) is 0 Å². The average Bonchev–Trinajstić information content (AvgIpc) is 2.87. The molecule has 3 aromatic carbocycles. The van der Waals surface area contributed by atoms with E-state index >= 15 is 0 Å². The van der Waals surface area contributed by atoms with Crippen molar-refractivity contribution in [3.05, 3.63) is 93.7 Å². The summed E-state index contributed by atoms with van der Waals surface area (Å²) < 4.78 is 41.8. The Bertz CT molecular complexity index is 1380. The summed E-state index contributed by atoms with van der Waals surface area (Å²) >= 11 is 12.5. The van der Waals surface area contributed by atoms with Gasteiger partial charge in [-0.25, -0.2) is 12.8 Å². The number of benzene rings is 3. The Morgan fingerprint density at radius 1 is 1.00 bits per heavy atom. The van der Waals surface area contributed by atoms with Crippen LogP contribution in [0.4, 0.5) is 10.1 Å². The molecule has 0 saturated heterocycles. The second-order valence-corrected chi connectivity index (χ2v) is 11.1. The minimum Gasteiger partial charge on any atom is -0.357 e. The van der Waals surface area contributed by atoms with E-state index in [1.54, 1.807) is 12.1 Å². The number of amides is 2. The van der Waals surface area contributed by atoms with E-state index in [2.05, 4.69) is 5.32 Å². The van der Waals surface area contributed by atoms with Gasteiger partial charge in [0.05, 0.1) is 15.6 Å². The van der Waals surface area contributed by atoms with Crippen LogP contribution in [0.1, 0.15) is 18.1 Å². The average molecular weight is 566 g/mol. The lowest BCUT2D eigenvalue weighted by molar-refractivity contribution is -0.139. The van der Waals surface area contributed by atoms with Crippen LogP contribution in [0.15, 0.2) is 71.6 Å². The number of carbonyl (C=O) groups is 2. The molecule has 11 heteroatoms. The molecule has 3 rings (SSSR count). The van der Waals surface area contributed by atoms with Crippen molar-refractivity contribution < 1.29 is 22.4 Å². The van der Waals surface area contributed by atoms with Gasteiger partial charge in [-0.05, 0) is 61.9 Å². The molecule has 0 radical (unpaired) electrons. The third kappa shape index (κ3) is 6.80. The molecule has 0 aliphatic heterocycles. The van der Waals surface area contributed by atoms with E-state index in [4.69, 9.17) is 23.2 Å². The van der Waals surface area contributed by atoms with Crippen molar-refractivity contribution in [1.29, 1.82) is 0 Å². The molecule has 0 fully saturated rings. The Balaban J connectivity index is 2.07. The van der Waals surface area contributed by atoms with Gasteiger partial charge in [0.25, 0.3) is 10.0 Å². The number of hydrogen-bond acceptors (Lipinski definition) is 4. The highest BCUT2D eigenvalue weighted by atomic mass is 35.5. The van der Waals surface area contributed by atoms with Crippen LogP contribution in [0, 0.1) is 12.7 Å². The number of nitrogens with one attached hydrogen (secondary N) is 1. The van der Waals surface area contributed by atoms with E-state index in [0.29, 0.717) is 5.56 Å². The third-order valence-corrected chi connectivity index (χ3v) is 8.07. The Morgan fingerprint density at radius 2 is 1.62 bits per heavy atom. The summed E-state index contributed by atoms with van der Waals surface area (Å²) in [5.41, 5.74) is 1.42. The van der Waals surface area contributed by atoms with Crippen LogP contribution >= 0.6 is 23.2 Å². The van der Waals surface area contributed by atoms with Crippen molar-refractivity contribution in [1.82, 2.24) is 10.2 Å². The fourth-order valence-corrected chi connectivity index (χ4v) is 5.47. The van der Waals surface area contributed by atoms with Crippen LogP contribution < -0.4 is 9.62 Å². The number of anilines is 1. The first-order chi connectivity index (χ1) is 17.4. The molecule has 0 saturated carbocycles. The fraction of sp³-hybridized carbons (Fsp3) is 0.231. The summed E-state index contributed by atoms with van der Waals surface area (Å²) in [6.45, 7) is 2.61. The largest absolute Gasteiger partial charge is 0.357 e. The Kier molecular flexibility index (Phi) is 9.17. The first-order valence-corrected chi connectivity index (χ1v) is 13.4. The number of sulfonamides is 1. The van der Waals surface area contributed by atoms with Gasteiger partial charge in [0.2, 0.25) is 11.8 Å². The molecule has 1 N–H and O–H groups in total. The van der Waals surface area contributed by atoms with E-state index < -0.39 is 40.2 Å². The van der Waals surface area contributed by atoms with Gasteiger partial charge in [-0.3, -0.25) is 13.9 Å². The molecule has 0 unspecified atom stereocenters. The number of aryl methyl sites for hydroxylation is 1. The van der Waals surface area contributed by atoms with Gasteiger partial charge in [-0.15, -0.1) is 0 Å². The van der Waals surface area contributed by atoms with Crippen LogP contribution in [0.3, 0.4) is 0 Å². The Morgan fingerprint density at radius 3 is 2.22 bits per heavy atom. The van der Waals surface area contributed by atoms with Crippen LogP contribution in [-0.2, 0) is 26.2 Å². The number of likely N-dealkylation sites (N-methyl/N-ethyl adjacent to an activating group) is 1. The quantitative estimate of drug-likeness (QED) is 0.403. The molecular weight excluding hydrogens is 540 g/mol. The number of nitrogens with zero attached hydrogens (tertiary/aromatic N) is 2. The van der Waals surface area contributed by atoms with Gasteiger partial charge in [0, 0.05) is 18.6 Å². The number of hydrogen-bond donors (Lipinski definition) is 1. The predicted octanol–water partition coefficient (Wildman–Crippen LogP) is 4.80. The summed E-state index contributed by atoms with van der Waals surface area (Å²) in [5, 5.41) is 2.78. The van der Waals surface area contributed by atoms with Crippen LogP contribution in [0.5, 0.6) is 0 Å². The van der Waals surface area contributed by atoms with Gasteiger partial charge in [0.15, 0.2) is 0 Å². The number of halogens is 3. The minimum absolute atomic E-state index is 0.0115. The Labute approximate surface area is 225 Å². The van der Waals surface area contributed by atoms with E-state index in [0.717, 1.165) is 9.87 Å². The van der Waals surface area contributed by atoms with Gasteiger partial charge in [-0.1, -0.05) is 53.0 Å². The molecule has 1 atom stereocenters. The predicted molar refractivity (Wildman–Crippen MR) is 143 cm³/mol. The van der Waals surface area contributed by atoms with Gasteiger partial charge in [-0.2, -0.15) is 0 Å². The second kappa shape index (κ2) is 11.9. The Hall–Kier alpha value is -3.14. The lowest BCUT2D eigenvalue weighted by Crippen LogP contribution is -2.50. The molecule has 0 aromatic heterocycles. The molecular formula is C26H26Cl2FN3O4S. The van der Waals surface area contributed by atoms with Crippen molar-refractivity contribution >= 4 is 50.7 Å². The minimum atomic E-state index is -4.28. The lowest BCUT2D eigenvalue weighted by Gasteiger charge is -2.32. The van der Waals surface area contributed by atoms with Crippen molar-refractivity contribution in [3.63, 3.8) is 0 Å². The standard InChI is InChI=1S/C26H26Cl2FN3O4S/c1-17-4-11-22(12-5-17)37(35,36)32(24-14-20(27)8-13-23(24)28)16-25(33)31(18(2)26(34)30-3)15-19-6-9-21(29)10-7-19/h4-14,18H,15-16H2,1-3H3,(H,30,34)/t18-/m1/s1. The lowest BCUT2D eigenvalue weighted by atomic mass is 10.1. The molecule has 37 heavy (non-hydrogen) atoms. The molecule has 2 amide bonds. The maximum atomic E-state index is 13.8. The zero-order valence-corrected chi connectivity index (χ0v) is 22.7. The topological polar surface area (TPSA) is 86.8 Å². The fourth-order valence-electron chi connectivity index (χ4n) is 3.61. The summed E-state index contributed by atoms with van der Waals surface area (Å²) in [5.74, 6) is -1.58. The normalized spacial score (nSPS) is 12.1. The molecule has 0 heterocycles. The van der Waals surface area contributed by atoms with E-state index in [1.807, 2.05) is 6.92 Å². The first kappa shape index (κ1) is 28.4. The van der Waals surface area contributed by atoms with Gasteiger partial charge in [0.1, 0.15) is 18.4 Å². The first-order valence-electron chi connectivity index (χ1n) is 11.2. The second-order valence-electron chi connectivity index (χ2n) is 8.36. The van der Waals surface area contributed by atoms with E-state index in [1.165, 1.54) is 73.5 Å². The summed E-state index contributed by atoms with van der Waals surface area (Å²) in [6.07, 6.45) is 0.